The van der Waals surface area contributed by atoms with E-state index >= 15 is 0 Å². The van der Waals surface area contributed by atoms with Crippen LogP contribution in [0.1, 0.15) is 25.7 Å². The minimum absolute atomic E-state index is 0.0626. The van der Waals surface area contributed by atoms with Crippen molar-refractivity contribution in [3.63, 3.8) is 0 Å². The van der Waals surface area contributed by atoms with E-state index in [9.17, 15) is 14.6 Å². The van der Waals surface area contributed by atoms with Crippen LogP contribution in [0.2, 0.25) is 5.02 Å². The first kappa shape index (κ1) is 17.9. The SMILES string of the molecule is Oc1cc(Cl)cc(F)c1-c1nnc(N[C@H]2CCCC[C@@H]2O)c2cnccc12. The number of hydrogen-bond donors (Lipinski definition) is 3. The molecule has 2 aromatic heterocycles. The molecular formula is C19H18ClFN4O2. The molecule has 0 aliphatic heterocycles. The number of fused-ring (bicyclic) bond motifs is 1. The van der Waals surface area contributed by atoms with Gasteiger partial charge in [0.15, 0.2) is 5.82 Å². The summed E-state index contributed by atoms with van der Waals surface area (Å²) < 4.78 is 14.5. The van der Waals surface area contributed by atoms with E-state index in [1.807, 2.05) is 0 Å². The molecule has 3 aromatic rings. The van der Waals surface area contributed by atoms with Crippen LogP contribution in [0.15, 0.2) is 30.6 Å². The van der Waals surface area contributed by atoms with Crippen LogP contribution >= 0.6 is 11.6 Å². The van der Waals surface area contributed by atoms with E-state index in [-0.39, 0.29) is 28.1 Å². The molecule has 1 aliphatic carbocycles. The zero-order chi connectivity index (χ0) is 19.0. The minimum atomic E-state index is -0.684. The monoisotopic (exact) mass is 388 g/mol. The topological polar surface area (TPSA) is 91.2 Å². The van der Waals surface area contributed by atoms with Gasteiger partial charge in [0.1, 0.15) is 17.3 Å². The average Bonchev–Trinajstić information content (AvgIpc) is 2.64. The van der Waals surface area contributed by atoms with E-state index in [1.54, 1.807) is 18.5 Å². The summed E-state index contributed by atoms with van der Waals surface area (Å²) in [4.78, 5) is 4.13. The molecule has 0 amide bonds. The van der Waals surface area contributed by atoms with Crippen LogP contribution in [0.4, 0.5) is 10.2 Å². The van der Waals surface area contributed by atoms with Gasteiger partial charge in [0.25, 0.3) is 0 Å². The van der Waals surface area contributed by atoms with Gasteiger partial charge < -0.3 is 15.5 Å². The number of phenols is 1. The second-order valence-electron chi connectivity index (χ2n) is 6.70. The summed E-state index contributed by atoms with van der Waals surface area (Å²) in [6.45, 7) is 0. The predicted octanol–water partition coefficient (Wildman–Crippen LogP) is 3.91. The van der Waals surface area contributed by atoms with Gasteiger partial charge in [-0.15, -0.1) is 10.2 Å². The van der Waals surface area contributed by atoms with Gasteiger partial charge in [-0.2, -0.15) is 0 Å². The largest absolute Gasteiger partial charge is 0.507 e. The van der Waals surface area contributed by atoms with E-state index in [0.29, 0.717) is 16.6 Å². The van der Waals surface area contributed by atoms with Crippen molar-refractivity contribution in [1.29, 1.82) is 0 Å². The Bertz CT molecular complexity index is 978. The van der Waals surface area contributed by atoms with Gasteiger partial charge in [-0.05, 0) is 31.0 Å². The van der Waals surface area contributed by atoms with Crippen LogP contribution < -0.4 is 5.32 Å². The van der Waals surface area contributed by atoms with Crippen molar-refractivity contribution in [2.24, 2.45) is 0 Å². The molecule has 1 aromatic carbocycles. The second kappa shape index (κ2) is 7.25. The van der Waals surface area contributed by atoms with Crippen molar-refractivity contribution in [3.8, 4) is 17.0 Å². The van der Waals surface area contributed by atoms with Gasteiger partial charge in [0.2, 0.25) is 0 Å². The van der Waals surface area contributed by atoms with Crippen molar-refractivity contribution in [2.45, 2.75) is 37.8 Å². The van der Waals surface area contributed by atoms with Gasteiger partial charge in [0.05, 0.1) is 17.7 Å². The number of hydrogen-bond acceptors (Lipinski definition) is 6. The number of rotatable bonds is 3. The molecule has 6 nitrogen and oxygen atoms in total. The number of aromatic hydroxyl groups is 1. The third-order valence-electron chi connectivity index (χ3n) is 4.90. The van der Waals surface area contributed by atoms with Crippen LogP contribution in [0.5, 0.6) is 5.75 Å². The third kappa shape index (κ3) is 3.40. The first-order valence-corrected chi connectivity index (χ1v) is 9.16. The minimum Gasteiger partial charge on any atom is -0.507 e. The van der Waals surface area contributed by atoms with Gasteiger partial charge in [-0.3, -0.25) is 4.98 Å². The number of nitrogens with one attached hydrogen (secondary N) is 1. The van der Waals surface area contributed by atoms with Crippen LogP contribution in [0.25, 0.3) is 22.0 Å². The highest BCUT2D eigenvalue weighted by Gasteiger charge is 2.25. The summed E-state index contributed by atoms with van der Waals surface area (Å²) in [6, 6.07) is 3.95. The van der Waals surface area contributed by atoms with E-state index in [2.05, 4.69) is 20.5 Å². The zero-order valence-corrected chi connectivity index (χ0v) is 15.1. The average molecular weight is 389 g/mol. The lowest BCUT2D eigenvalue weighted by Gasteiger charge is -2.29. The summed E-state index contributed by atoms with van der Waals surface area (Å²) in [7, 11) is 0. The Morgan fingerprint density at radius 3 is 2.74 bits per heavy atom. The smallest absolute Gasteiger partial charge is 0.158 e. The van der Waals surface area contributed by atoms with Crippen molar-refractivity contribution in [3.05, 3.63) is 41.4 Å². The fourth-order valence-corrected chi connectivity index (χ4v) is 3.74. The molecule has 1 fully saturated rings. The highest BCUT2D eigenvalue weighted by molar-refractivity contribution is 6.30. The van der Waals surface area contributed by atoms with Gasteiger partial charge in [0, 0.05) is 28.2 Å². The second-order valence-corrected chi connectivity index (χ2v) is 7.14. The number of aliphatic hydroxyl groups excluding tert-OH is 1. The fourth-order valence-electron chi connectivity index (χ4n) is 3.54. The maximum Gasteiger partial charge on any atom is 0.158 e. The van der Waals surface area contributed by atoms with Crippen LogP contribution in [0.3, 0.4) is 0 Å². The molecule has 0 bridgehead atoms. The molecule has 2 atom stereocenters. The normalized spacial score (nSPS) is 20.0. The maximum absolute atomic E-state index is 14.5. The molecule has 8 heteroatoms. The molecule has 1 saturated carbocycles. The van der Waals surface area contributed by atoms with E-state index in [4.69, 9.17) is 11.6 Å². The molecule has 140 valence electrons. The molecule has 27 heavy (non-hydrogen) atoms. The zero-order valence-electron chi connectivity index (χ0n) is 14.4. The van der Waals surface area contributed by atoms with Crippen molar-refractivity contribution in [1.82, 2.24) is 15.2 Å². The van der Waals surface area contributed by atoms with Crippen LogP contribution in [-0.4, -0.2) is 37.5 Å². The van der Waals surface area contributed by atoms with E-state index in [1.165, 1.54) is 6.07 Å². The molecule has 4 rings (SSSR count). The number of aromatic nitrogens is 3. The quantitative estimate of drug-likeness (QED) is 0.630. The molecule has 0 saturated heterocycles. The number of benzene rings is 1. The number of anilines is 1. The Morgan fingerprint density at radius 1 is 1.15 bits per heavy atom. The van der Waals surface area contributed by atoms with Gasteiger partial charge >= 0.3 is 0 Å². The molecule has 3 N–H and O–H groups in total. The Labute approximate surface area is 160 Å². The van der Waals surface area contributed by atoms with Crippen molar-refractivity contribution >= 4 is 28.2 Å². The number of pyridine rings is 1. The standard InChI is InChI=1S/C19H18ClFN4O2/c20-10-7-13(21)17(16(27)8-10)18-11-5-6-22-9-12(11)19(25-24-18)23-14-3-1-2-4-15(14)26/h5-9,14-15,26-27H,1-4H2,(H,23,25)/t14-,15-/m0/s1. The van der Waals surface area contributed by atoms with Crippen LogP contribution in [-0.2, 0) is 0 Å². The van der Waals surface area contributed by atoms with E-state index < -0.39 is 11.9 Å². The lowest BCUT2D eigenvalue weighted by atomic mass is 9.92. The third-order valence-corrected chi connectivity index (χ3v) is 5.12. The summed E-state index contributed by atoms with van der Waals surface area (Å²) in [5, 5.41) is 33.3. The van der Waals surface area contributed by atoms with Gasteiger partial charge in [-0.1, -0.05) is 24.4 Å². The fraction of sp³-hybridized carbons (Fsp3) is 0.316. The molecule has 0 radical (unpaired) electrons. The summed E-state index contributed by atoms with van der Waals surface area (Å²) in [5.74, 6) is -0.520. The first-order chi connectivity index (χ1) is 13.0. The number of nitrogens with zero attached hydrogens (tertiary/aromatic N) is 3. The molecule has 0 spiro atoms. The first-order valence-electron chi connectivity index (χ1n) is 8.78. The van der Waals surface area contributed by atoms with Crippen LogP contribution in [0, 0.1) is 5.82 Å². The highest BCUT2D eigenvalue weighted by Crippen LogP contribution is 2.38. The highest BCUT2D eigenvalue weighted by atomic mass is 35.5. The van der Waals surface area contributed by atoms with E-state index in [0.717, 1.165) is 31.7 Å². The maximum atomic E-state index is 14.5. The Morgan fingerprint density at radius 2 is 1.96 bits per heavy atom. The number of aliphatic hydroxyl groups is 1. The Hall–Kier alpha value is -2.51. The van der Waals surface area contributed by atoms with Crippen molar-refractivity contribution in [2.75, 3.05) is 5.32 Å². The predicted molar refractivity (Wildman–Crippen MR) is 101 cm³/mol. The summed E-state index contributed by atoms with van der Waals surface area (Å²) in [6.07, 6.45) is 6.32. The molecule has 2 heterocycles. The number of halogens is 2. The Kier molecular flexibility index (Phi) is 4.80. The summed E-state index contributed by atoms with van der Waals surface area (Å²) in [5.41, 5.74) is 0.140. The molecular weight excluding hydrogens is 371 g/mol. The Balaban J connectivity index is 1.82. The summed E-state index contributed by atoms with van der Waals surface area (Å²) >= 11 is 5.80. The lowest BCUT2D eigenvalue weighted by Crippen LogP contribution is -2.36. The van der Waals surface area contributed by atoms with Gasteiger partial charge in [-0.25, -0.2) is 4.39 Å². The lowest BCUT2D eigenvalue weighted by molar-refractivity contribution is 0.116. The molecule has 0 unspecified atom stereocenters. The number of phenolic OH excluding ortho intramolecular Hbond substituents is 1. The van der Waals surface area contributed by atoms with Crippen molar-refractivity contribution < 1.29 is 14.6 Å². The molecule has 1 aliphatic rings.